The van der Waals surface area contributed by atoms with Gasteiger partial charge in [0.2, 0.25) is 5.91 Å². The molecule has 0 fully saturated rings. The summed E-state index contributed by atoms with van der Waals surface area (Å²) in [7, 11) is 1.53. The third-order valence-electron chi connectivity index (χ3n) is 6.35. The van der Waals surface area contributed by atoms with Crippen molar-refractivity contribution in [1.82, 2.24) is 9.80 Å². The van der Waals surface area contributed by atoms with Crippen molar-refractivity contribution >= 4 is 29.3 Å². The van der Waals surface area contributed by atoms with Crippen molar-refractivity contribution in [2.75, 3.05) is 25.5 Å². The van der Waals surface area contributed by atoms with E-state index in [4.69, 9.17) is 0 Å². The number of anilines is 1. The molecule has 36 heavy (non-hydrogen) atoms. The van der Waals surface area contributed by atoms with E-state index in [1.54, 1.807) is 0 Å². The lowest BCUT2D eigenvalue weighted by Gasteiger charge is -2.19. The quantitative estimate of drug-likeness (QED) is 0.511. The first-order chi connectivity index (χ1) is 17.2. The summed E-state index contributed by atoms with van der Waals surface area (Å²) in [6.07, 6.45) is 0.551. The van der Waals surface area contributed by atoms with Crippen LogP contribution in [0.25, 0.3) is 0 Å². The second kappa shape index (κ2) is 10.2. The smallest absolute Gasteiger partial charge is 0.261 e. The van der Waals surface area contributed by atoms with Crippen LogP contribution in [0.4, 0.5) is 5.69 Å². The molecule has 0 radical (unpaired) electrons. The molecule has 4 rings (SSSR count). The fourth-order valence-electron chi connectivity index (χ4n) is 4.58. The van der Waals surface area contributed by atoms with Gasteiger partial charge in [-0.1, -0.05) is 48.0 Å². The normalized spacial score (nSPS) is 12.5. The predicted molar refractivity (Wildman–Crippen MR) is 138 cm³/mol. The van der Waals surface area contributed by atoms with Crippen molar-refractivity contribution < 1.29 is 19.2 Å². The lowest BCUT2D eigenvalue weighted by molar-refractivity contribution is -0.116. The maximum Gasteiger partial charge on any atom is 0.261 e. The lowest BCUT2D eigenvalue weighted by atomic mass is 10.0. The maximum atomic E-state index is 13.0. The summed E-state index contributed by atoms with van der Waals surface area (Å²) in [5, 5.41) is 2.89. The Bertz CT molecular complexity index is 1340. The molecular weight excluding hydrogens is 454 g/mol. The van der Waals surface area contributed by atoms with Crippen molar-refractivity contribution in [3.8, 4) is 0 Å². The van der Waals surface area contributed by atoms with E-state index in [2.05, 4.69) is 5.32 Å². The Hall–Kier alpha value is -4.26. The van der Waals surface area contributed by atoms with E-state index in [9.17, 15) is 19.2 Å². The Balaban J connectivity index is 1.43. The molecule has 1 aliphatic heterocycles. The van der Waals surface area contributed by atoms with Gasteiger partial charge in [0.15, 0.2) is 0 Å². The zero-order chi connectivity index (χ0) is 26.0. The Kier molecular flexibility index (Phi) is 7.01. The van der Waals surface area contributed by atoms with Crippen molar-refractivity contribution in [3.63, 3.8) is 0 Å². The summed E-state index contributed by atoms with van der Waals surface area (Å²) in [5.41, 5.74) is 5.53. The lowest BCUT2D eigenvalue weighted by Crippen LogP contribution is -2.35. The van der Waals surface area contributed by atoms with Crippen LogP contribution in [0, 0.1) is 20.8 Å². The molecule has 184 valence electrons. The first-order valence-electron chi connectivity index (χ1n) is 11.8. The van der Waals surface area contributed by atoms with Crippen LogP contribution in [0.5, 0.6) is 0 Å². The average molecular weight is 484 g/mol. The number of nitrogens with one attached hydrogen (secondary N) is 1. The van der Waals surface area contributed by atoms with Crippen LogP contribution in [0.15, 0.2) is 60.7 Å². The average Bonchev–Trinajstić information content (AvgIpc) is 3.09. The van der Waals surface area contributed by atoms with Crippen LogP contribution in [0.2, 0.25) is 0 Å². The molecule has 0 bridgehead atoms. The minimum absolute atomic E-state index is 0.154. The standard InChI is InChI=1S/C29H29N3O4/c1-18-14-19(2)26(20(3)15-18)30-25(33)17-31(4)27(34)22-10-11-23-24(16-22)29(36)32(28(23)35)13-12-21-8-6-5-7-9-21/h5-11,14-16H,12-13,17H2,1-4H3,(H,30,33). The number of rotatable bonds is 7. The molecule has 3 aromatic rings. The summed E-state index contributed by atoms with van der Waals surface area (Å²) in [5.74, 6) is -1.50. The molecule has 0 aliphatic carbocycles. The molecule has 1 aliphatic rings. The number of imide groups is 1. The molecule has 0 unspecified atom stereocenters. The van der Waals surface area contributed by atoms with Gasteiger partial charge in [-0.15, -0.1) is 0 Å². The summed E-state index contributed by atoms with van der Waals surface area (Å²) in [4.78, 5) is 53.9. The summed E-state index contributed by atoms with van der Waals surface area (Å²) in [6, 6.07) is 18.1. The van der Waals surface area contributed by atoms with E-state index < -0.39 is 11.8 Å². The SMILES string of the molecule is Cc1cc(C)c(NC(=O)CN(C)C(=O)c2ccc3c(c2)C(=O)N(CCc2ccccc2)C3=O)c(C)c1. The topological polar surface area (TPSA) is 86.8 Å². The number of benzene rings is 3. The minimum Gasteiger partial charge on any atom is -0.332 e. The molecule has 7 heteroatoms. The Morgan fingerprint density at radius 2 is 1.50 bits per heavy atom. The maximum absolute atomic E-state index is 13.0. The van der Waals surface area contributed by atoms with Gasteiger partial charge in [-0.3, -0.25) is 24.1 Å². The highest BCUT2D eigenvalue weighted by Gasteiger charge is 2.36. The number of hydrogen-bond acceptors (Lipinski definition) is 4. The van der Waals surface area contributed by atoms with Gasteiger partial charge in [0.1, 0.15) is 0 Å². The second-order valence-electron chi connectivity index (χ2n) is 9.24. The number of carbonyl (C=O) groups is 4. The van der Waals surface area contributed by atoms with Crippen LogP contribution in [-0.4, -0.2) is 53.6 Å². The van der Waals surface area contributed by atoms with Crippen LogP contribution in [-0.2, 0) is 11.2 Å². The molecule has 0 atom stereocenters. The van der Waals surface area contributed by atoms with E-state index >= 15 is 0 Å². The van der Waals surface area contributed by atoms with Gasteiger partial charge < -0.3 is 10.2 Å². The number of fused-ring (bicyclic) bond motifs is 1. The van der Waals surface area contributed by atoms with Crippen LogP contribution in [0.1, 0.15) is 53.3 Å². The molecule has 0 saturated carbocycles. The number of nitrogens with zero attached hydrogens (tertiary/aromatic N) is 2. The number of hydrogen-bond donors (Lipinski definition) is 1. The zero-order valence-electron chi connectivity index (χ0n) is 20.9. The summed E-state index contributed by atoms with van der Waals surface area (Å²) >= 11 is 0. The van der Waals surface area contributed by atoms with Crippen molar-refractivity contribution in [1.29, 1.82) is 0 Å². The third kappa shape index (κ3) is 5.05. The highest BCUT2D eigenvalue weighted by Crippen LogP contribution is 2.25. The van der Waals surface area contributed by atoms with Gasteiger partial charge in [-0.25, -0.2) is 0 Å². The Morgan fingerprint density at radius 1 is 0.861 bits per heavy atom. The first-order valence-corrected chi connectivity index (χ1v) is 11.8. The molecular formula is C29H29N3O4. The van der Waals surface area contributed by atoms with Gasteiger partial charge in [0.05, 0.1) is 17.7 Å². The Labute approximate surface area is 210 Å². The van der Waals surface area contributed by atoms with Gasteiger partial charge in [-0.2, -0.15) is 0 Å². The number of aryl methyl sites for hydroxylation is 3. The molecule has 0 spiro atoms. The third-order valence-corrected chi connectivity index (χ3v) is 6.35. The van der Waals surface area contributed by atoms with Crippen LogP contribution < -0.4 is 5.32 Å². The van der Waals surface area contributed by atoms with Crippen molar-refractivity contribution in [2.45, 2.75) is 27.2 Å². The first kappa shape index (κ1) is 24.9. The number of carbonyl (C=O) groups excluding carboxylic acids is 4. The molecule has 1 heterocycles. The van der Waals surface area contributed by atoms with E-state index in [1.165, 1.54) is 35.0 Å². The number of likely N-dealkylation sites (N-methyl/N-ethyl adjacent to an activating group) is 1. The van der Waals surface area contributed by atoms with Crippen LogP contribution in [0.3, 0.4) is 0 Å². The molecule has 3 aromatic carbocycles. The predicted octanol–water partition coefficient (Wildman–Crippen LogP) is 4.16. The van der Waals surface area contributed by atoms with Crippen molar-refractivity contribution in [2.24, 2.45) is 0 Å². The van der Waals surface area contributed by atoms with E-state index in [1.807, 2.05) is 63.2 Å². The molecule has 0 aromatic heterocycles. The molecule has 4 amide bonds. The highest BCUT2D eigenvalue weighted by molar-refractivity contribution is 6.22. The van der Waals surface area contributed by atoms with E-state index in [0.717, 1.165) is 27.9 Å². The van der Waals surface area contributed by atoms with E-state index in [-0.39, 0.29) is 41.6 Å². The monoisotopic (exact) mass is 483 g/mol. The second-order valence-corrected chi connectivity index (χ2v) is 9.24. The van der Waals surface area contributed by atoms with Gasteiger partial charge in [0, 0.05) is 24.8 Å². The van der Waals surface area contributed by atoms with Gasteiger partial charge >= 0.3 is 0 Å². The fourth-order valence-corrected chi connectivity index (χ4v) is 4.58. The molecule has 7 nitrogen and oxygen atoms in total. The largest absolute Gasteiger partial charge is 0.332 e. The summed E-state index contributed by atoms with van der Waals surface area (Å²) < 4.78 is 0. The van der Waals surface area contributed by atoms with Gasteiger partial charge in [-0.05, 0) is 62.1 Å². The van der Waals surface area contributed by atoms with Crippen LogP contribution >= 0.6 is 0 Å². The van der Waals surface area contributed by atoms with E-state index in [0.29, 0.717) is 6.42 Å². The Morgan fingerprint density at radius 3 is 2.17 bits per heavy atom. The zero-order valence-corrected chi connectivity index (χ0v) is 20.9. The summed E-state index contributed by atoms with van der Waals surface area (Å²) in [6.45, 7) is 5.96. The molecule has 0 saturated heterocycles. The fraction of sp³-hybridized carbons (Fsp3) is 0.241. The van der Waals surface area contributed by atoms with Crippen molar-refractivity contribution in [3.05, 3.63) is 99.6 Å². The number of amides is 4. The molecule has 1 N–H and O–H groups in total. The highest BCUT2D eigenvalue weighted by atomic mass is 16.2. The van der Waals surface area contributed by atoms with Gasteiger partial charge in [0.25, 0.3) is 17.7 Å². The minimum atomic E-state index is -0.411.